The second kappa shape index (κ2) is 10.1. The number of hydrogen-bond donors (Lipinski definition) is 1. The van der Waals surface area contributed by atoms with E-state index < -0.39 is 5.97 Å². The summed E-state index contributed by atoms with van der Waals surface area (Å²) in [6, 6.07) is 0. The fourth-order valence-electron chi connectivity index (χ4n) is 4.85. The fraction of sp³-hybridized carbons (Fsp3) is 0.792. The average molecular weight is 393 g/mol. The van der Waals surface area contributed by atoms with Gasteiger partial charge >= 0.3 is 5.97 Å². The van der Waals surface area contributed by atoms with E-state index in [0.717, 1.165) is 19.3 Å². The van der Waals surface area contributed by atoms with Crippen LogP contribution >= 0.6 is 0 Å². The zero-order valence-electron chi connectivity index (χ0n) is 18.6. The van der Waals surface area contributed by atoms with Crippen LogP contribution in [-0.4, -0.2) is 35.0 Å². The van der Waals surface area contributed by atoms with Crippen LogP contribution in [0, 0.1) is 17.8 Å². The molecule has 2 heterocycles. The molecule has 0 aromatic carbocycles. The highest BCUT2D eigenvalue weighted by atomic mass is 16.6. The first-order chi connectivity index (χ1) is 13.2. The van der Waals surface area contributed by atoms with E-state index in [1.54, 1.807) is 0 Å². The van der Waals surface area contributed by atoms with Gasteiger partial charge in [0.1, 0.15) is 0 Å². The molecule has 0 saturated carbocycles. The largest absolute Gasteiger partial charge is 0.481 e. The SMILES string of the molecule is CCC[C@@H](C)[C@H]1O[C@]1(C)C[C@H](C)/C=C/C=C(\C)[C@H]1O[C@@H](CC(=O)O)CC[C@@H]1C. The molecule has 0 aromatic rings. The van der Waals surface area contributed by atoms with Gasteiger partial charge in [-0.3, -0.25) is 4.79 Å². The second-order valence-electron chi connectivity index (χ2n) is 9.43. The molecule has 0 unspecified atom stereocenters. The number of allylic oxidation sites excluding steroid dienone is 3. The first kappa shape index (κ1) is 23.2. The van der Waals surface area contributed by atoms with Gasteiger partial charge in [0.2, 0.25) is 0 Å². The lowest BCUT2D eigenvalue weighted by Crippen LogP contribution is -2.35. The zero-order chi connectivity index (χ0) is 20.9. The van der Waals surface area contributed by atoms with Crippen LogP contribution in [0.25, 0.3) is 0 Å². The van der Waals surface area contributed by atoms with Crippen LogP contribution in [0.2, 0.25) is 0 Å². The Labute approximate surface area is 171 Å². The molecule has 0 amide bonds. The molecule has 0 aromatic heterocycles. The van der Waals surface area contributed by atoms with E-state index in [1.807, 2.05) is 0 Å². The highest BCUT2D eigenvalue weighted by molar-refractivity contribution is 5.67. The number of ether oxygens (including phenoxy) is 2. The number of hydrogen-bond acceptors (Lipinski definition) is 3. The van der Waals surface area contributed by atoms with E-state index in [2.05, 4.69) is 59.8 Å². The highest BCUT2D eigenvalue weighted by Crippen LogP contribution is 2.46. The van der Waals surface area contributed by atoms with Gasteiger partial charge in [0.25, 0.3) is 0 Å². The number of epoxide rings is 1. The van der Waals surface area contributed by atoms with Crippen LogP contribution in [0.3, 0.4) is 0 Å². The van der Waals surface area contributed by atoms with Gasteiger partial charge in [0, 0.05) is 0 Å². The van der Waals surface area contributed by atoms with Crippen LogP contribution < -0.4 is 0 Å². The molecule has 4 nitrogen and oxygen atoms in total. The van der Waals surface area contributed by atoms with Crippen LogP contribution in [0.5, 0.6) is 0 Å². The Balaban J connectivity index is 1.86. The molecule has 7 atom stereocenters. The molecule has 2 aliphatic heterocycles. The van der Waals surface area contributed by atoms with Gasteiger partial charge < -0.3 is 14.6 Å². The van der Waals surface area contributed by atoms with Crippen molar-refractivity contribution in [3.05, 3.63) is 23.8 Å². The fourth-order valence-corrected chi connectivity index (χ4v) is 4.85. The third-order valence-corrected chi connectivity index (χ3v) is 6.38. The molecule has 0 aliphatic carbocycles. The summed E-state index contributed by atoms with van der Waals surface area (Å²) in [5.74, 6) is 0.733. The van der Waals surface area contributed by atoms with Crippen LogP contribution in [0.4, 0.5) is 0 Å². The number of carboxylic acids is 1. The Kier molecular flexibility index (Phi) is 8.32. The maximum Gasteiger partial charge on any atom is 0.305 e. The second-order valence-corrected chi connectivity index (χ2v) is 9.43. The first-order valence-corrected chi connectivity index (χ1v) is 11.1. The van der Waals surface area contributed by atoms with E-state index in [1.165, 1.54) is 18.4 Å². The summed E-state index contributed by atoms with van der Waals surface area (Å²) in [5, 5.41) is 9.02. The molecular formula is C24H40O4. The molecule has 1 N–H and O–H groups in total. The Morgan fingerprint density at radius 2 is 2.04 bits per heavy atom. The van der Waals surface area contributed by atoms with Crippen molar-refractivity contribution < 1.29 is 19.4 Å². The van der Waals surface area contributed by atoms with Crippen molar-refractivity contribution in [2.24, 2.45) is 17.8 Å². The van der Waals surface area contributed by atoms with Gasteiger partial charge in [-0.2, -0.15) is 0 Å². The normalized spacial score (nSPS) is 35.7. The summed E-state index contributed by atoms with van der Waals surface area (Å²) in [5.41, 5.74) is 1.21. The van der Waals surface area contributed by atoms with E-state index in [0.29, 0.717) is 23.9 Å². The Bertz CT molecular complexity index is 581. The molecule has 2 aliphatic rings. The molecule has 4 heteroatoms. The van der Waals surface area contributed by atoms with Gasteiger partial charge in [-0.05, 0) is 62.9 Å². The van der Waals surface area contributed by atoms with Gasteiger partial charge in [0.05, 0.1) is 30.3 Å². The van der Waals surface area contributed by atoms with E-state index >= 15 is 0 Å². The molecule has 0 bridgehead atoms. The highest BCUT2D eigenvalue weighted by Gasteiger charge is 2.54. The van der Waals surface area contributed by atoms with Crippen molar-refractivity contribution in [3.8, 4) is 0 Å². The maximum absolute atomic E-state index is 11.0. The number of carbonyl (C=O) groups is 1. The number of carboxylic acid groups (broad SMARTS) is 1. The summed E-state index contributed by atoms with van der Waals surface area (Å²) in [6.45, 7) is 13.3. The summed E-state index contributed by atoms with van der Waals surface area (Å²) in [7, 11) is 0. The minimum Gasteiger partial charge on any atom is -0.481 e. The molecule has 2 fully saturated rings. The molecular weight excluding hydrogens is 352 g/mol. The minimum atomic E-state index is -0.781. The predicted molar refractivity (Wildman–Crippen MR) is 113 cm³/mol. The Morgan fingerprint density at radius 1 is 1.32 bits per heavy atom. The van der Waals surface area contributed by atoms with Gasteiger partial charge in [-0.1, -0.05) is 52.3 Å². The standard InChI is InChI=1S/C24H40O4/c1-7-9-19(5)23-24(6,28-23)15-16(2)10-8-11-17(3)22-18(4)12-13-20(27-22)14-21(25)26/h8,10-11,16,18-20,22-23H,7,9,12-15H2,1-6H3,(H,25,26)/b10-8+,17-11+/t16-,18+,19-,20-,22-,23-,24-/m1/s1. The van der Waals surface area contributed by atoms with E-state index in [9.17, 15) is 4.79 Å². The van der Waals surface area contributed by atoms with Crippen molar-refractivity contribution in [3.63, 3.8) is 0 Å². The van der Waals surface area contributed by atoms with E-state index in [4.69, 9.17) is 14.6 Å². The number of aliphatic carboxylic acids is 1. The third-order valence-electron chi connectivity index (χ3n) is 6.38. The van der Waals surface area contributed by atoms with Crippen molar-refractivity contribution in [1.82, 2.24) is 0 Å². The molecule has 28 heavy (non-hydrogen) atoms. The van der Waals surface area contributed by atoms with Gasteiger partial charge in [-0.25, -0.2) is 0 Å². The molecule has 2 saturated heterocycles. The molecule has 0 radical (unpaired) electrons. The summed E-state index contributed by atoms with van der Waals surface area (Å²) in [6.07, 6.45) is 12.2. The van der Waals surface area contributed by atoms with Crippen molar-refractivity contribution >= 4 is 5.97 Å². The van der Waals surface area contributed by atoms with Crippen molar-refractivity contribution in [1.29, 1.82) is 0 Å². The Morgan fingerprint density at radius 3 is 2.68 bits per heavy atom. The predicted octanol–water partition coefficient (Wildman–Crippen LogP) is 5.77. The maximum atomic E-state index is 11.0. The van der Waals surface area contributed by atoms with Crippen LogP contribution in [0.15, 0.2) is 23.8 Å². The Hall–Kier alpha value is -1.13. The third kappa shape index (κ3) is 6.45. The van der Waals surface area contributed by atoms with Gasteiger partial charge in [0.15, 0.2) is 0 Å². The average Bonchev–Trinajstić information content (AvgIpc) is 3.27. The summed E-state index contributed by atoms with van der Waals surface area (Å²) >= 11 is 0. The lowest BCUT2D eigenvalue weighted by molar-refractivity contribution is -0.143. The molecule has 0 spiro atoms. The lowest BCUT2D eigenvalue weighted by Gasteiger charge is -2.35. The zero-order valence-corrected chi connectivity index (χ0v) is 18.6. The monoisotopic (exact) mass is 392 g/mol. The minimum absolute atomic E-state index is 0.0154. The van der Waals surface area contributed by atoms with E-state index in [-0.39, 0.29) is 24.2 Å². The quantitative estimate of drug-likeness (QED) is 0.379. The first-order valence-electron chi connectivity index (χ1n) is 11.1. The summed E-state index contributed by atoms with van der Waals surface area (Å²) < 4.78 is 12.1. The van der Waals surface area contributed by atoms with Gasteiger partial charge in [-0.15, -0.1) is 0 Å². The smallest absolute Gasteiger partial charge is 0.305 e. The number of rotatable bonds is 10. The lowest BCUT2D eigenvalue weighted by atomic mass is 9.87. The molecule has 160 valence electrons. The van der Waals surface area contributed by atoms with Crippen molar-refractivity contribution in [2.75, 3.05) is 0 Å². The van der Waals surface area contributed by atoms with Crippen LogP contribution in [-0.2, 0) is 14.3 Å². The topological polar surface area (TPSA) is 59.1 Å². The molecule has 2 rings (SSSR count). The van der Waals surface area contributed by atoms with Crippen LogP contribution in [0.1, 0.15) is 80.1 Å². The van der Waals surface area contributed by atoms with Crippen molar-refractivity contribution in [2.45, 2.75) is 104 Å². The summed E-state index contributed by atoms with van der Waals surface area (Å²) in [4.78, 5) is 11.0.